The first-order valence-electron chi connectivity index (χ1n) is 5.26. The second-order valence-electron chi connectivity index (χ2n) is 4.03. The number of benzene rings is 1. The molecule has 0 aliphatic carbocycles. The smallest absolute Gasteiger partial charge is 0.253 e. The van der Waals surface area contributed by atoms with Crippen LogP contribution in [0.4, 0.5) is 0 Å². The maximum absolute atomic E-state index is 11.8. The summed E-state index contributed by atoms with van der Waals surface area (Å²) in [4.78, 5) is 11.8. The summed E-state index contributed by atoms with van der Waals surface area (Å²) in [6, 6.07) is 5.71. The molecule has 1 aromatic carbocycles. The van der Waals surface area contributed by atoms with E-state index >= 15 is 0 Å². The van der Waals surface area contributed by atoms with Gasteiger partial charge in [-0.3, -0.25) is 4.57 Å². The van der Waals surface area contributed by atoms with E-state index in [1.165, 1.54) is 4.68 Å². The third kappa shape index (κ3) is 1.61. The highest BCUT2D eigenvalue weighted by molar-refractivity contribution is 6.30. The van der Waals surface area contributed by atoms with Crippen LogP contribution in [0.3, 0.4) is 0 Å². The second kappa shape index (κ2) is 3.60. The van der Waals surface area contributed by atoms with E-state index in [1.807, 2.05) is 24.3 Å². The molecule has 0 N–H and O–H groups in total. The maximum Gasteiger partial charge on any atom is 0.349 e. The van der Waals surface area contributed by atoms with Crippen molar-refractivity contribution in [2.75, 3.05) is 0 Å². The quantitative estimate of drug-likeness (QED) is 0.607. The minimum atomic E-state index is -0.129. The summed E-state index contributed by atoms with van der Waals surface area (Å²) in [7, 11) is 1.65. The molecule has 3 rings (SSSR count). The highest BCUT2D eigenvalue weighted by Crippen LogP contribution is 2.22. The van der Waals surface area contributed by atoms with Gasteiger partial charge in [-0.25, -0.2) is 9.48 Å². The Bertz CT molecular complexity index is 682. The molecule has 1 aliphatic heterocycles. The molecule has 5 heteroatoms. The summed E-state index contributed by atoms with van der Waals surface area (Å²) in [6.07, 6.45) is 4.27. The van der Waals surface area contributed by atoms with Crippen LogP contribution in [-0.4, -0.2) is 14.3 Å². The lowest BCUT2D eigenvalue weighted by molar-refractivity contribution is 0.721. The average molecular weight is 248 g/mol. The Labute approximate surface area is 103 Å². The van der Waals surface area contributed by atoms with Crippen LogP contribution in [0.2, 0.25) is 5.02 Å². The van der Waals surface area contributed by atoms with Crippen LogP contribution in [0, 0.1) is 0 Å². The number of hydrogen-bond acceptors (Lipinski definition) is 2. The van der Waals surface area contributed by atoms with Gasteiger partial charge in [0.05, 0.1) is 0 Å². The molecule has 0 spiro atoms. The predicted molar refractivity (Wildman–Crippen MR) is 67.0 cm³/mol. The molecule has 1 aliphatic rings. The Morgan fingerprint density at radius 3 is 3.06 bits per heavy atom. The van der Waals surface area contributed by atoms with Gasteiger partial charge in [0.2, 0.25) is 0 Å². The zero-order valence-corrected chi connectivity index (χ0v) is 9.98. The van der Waals surface area contributed by atoms with Crippen molar-refractivity contribution >= 4 is 23.9 Å². The molecule has 0 saturated carbocycles. The number of hydrogen-bond donors (Lipinski definition) is 0. The van der Waals surface area contributed by atoms with E-state index in [0.717, 1.165) is 17.0 Å². The van der Waals surface area contributed by atoms with Gasteiger partial charge in [0, 0.05) is 24.7 Å². The summed E-state index contributed by atoms with van der Waals surface area (Å²) < 4.78 is 2.91. The van der Waals surface area contributed by atoms with Crippen molar-refractivity contribution in [3.63, 3.8) is 0 Å². The Morgan fingerprint density at radius 2 is 2.24 bits per heavy atom. The van der Waals surface area contributed by atoms with E-state index in [0.29, 0.717) is 11.4 Å². The van der Waals surface area contributed by atoms with E-state index in [9.17, 15) is 4.79 Å². The van der Waals surface area contributed by atoms with Gasteiger partial charge in [-0.1, -0.05) is 17.7 Å². The molecule has 4 nitrogen and oxygen atoms in total. The standard InChI is InChI=1S/C12H10ClN3O/c1-15-12(17)16-5-4-9-6-10(13)3-2-8(9)7-11(16)14-15/h2-6H,7H2,1H3. The number of aryl methyl sites for hydroxylation is 1. The van der Waals surface area contributed by atoms with Crippen LogP contribution in [0.25, 0.3) is 12.3 Å². The molecule has 2 heterocycles. The number of aromatic nitrogens is 3. The maximum atomic E-state index is 11.8. The number of halogens is 1. The largest absolute Gasteiger partial charge is 0.349 e. The molecule has 0 amide bonds. The van der Waals surface area contributed by atoms with Crippen molar-refractivity contribution in [2.45, 2.75) is 6.42 Å². The predicted octanol–water partition coefficient (Wildman–Crippen LogP) is 1.77. The molecular weight excluding hydrogens is 238 g/mol. The summed E-state index contributed by atoms with van der Waals surface area (Å²) >= 11 is 5.95. The lowest BCUT2D eigenvalue weighted by Crippen LogP contribution is -2.19. The zero-order chi connectivity index (χ0) is 12.0. The van der Waals surface area contributed by atoms with Crippen LogP contribution in [0.1, 0.15) is 17.0 Å². The van der Waals surface area contributed by atoms with Gasteiger partial charge in [0.15, 0.2) is 0 Å². The van der Waals surface area contributed by atoms with E-state index in [-0.39, 0.29) is 5.69 Å². The number of nitrogens with zero attached hydrogens (tertiary/aromatic N) is 3. The van der Waals surface area contributed by atoms with Crippen molar-refractivity contribution in [2.24, 2.45) is 7.05 Å². The molecule has 0 radical (unpaired) electrons. The van der Waals surface area contributed by atoms with Crippen LogP contribution in [0.15, 0.2) is 23.0 Å². The van der Waals surface area contributed by atoms with Gasteiger partial charge in [-0.05, 0) is 29.3 Å². The topological polar surface area (TPSA) is 39.8 Å². The van der Waals surface area contributed by atoms with Gasteiger partial charge in [-0.15, -0.1) is 0 Å². The molecule has 0 atom stereocenters. The van der Waals surface area contributed by atoms with Crippen molar-refractivity contribution in [1.82, 2.24) is 14.3 Å². The molecule has 1 aromatic heterocycles. The Hall–Kier alpha value is -1.81. The fraction of sp³-hybridized carbons (Fsp3) is 0.167. The van der Waals surface area contributed by atoms with Crippen LogP contribution >= 0.6 is 11.6 Å². The fourth-order valence-corrected chi connectivity index (χ4v) is 2.19. The Morgan fingerprint density at radius 1 is 1.41 bits per heavy atom. The van der Waals surface area contributed by atoms with E-state index in [2.05, 4.69) is 5.10 Å². The summed E-state index contributed by atoms with van der Waals surface area (Å²) in [6.45, 7) is 0. The first kappa shape index (κ1) is 10.4. The molecule has 2 aromatic rings. The Balaban J connectivity index is 2.21. The molecule has 0 bridgehead atoms. The zero-order valence-electron chi connectivity index (χ0n) is 9.22. The van der Waals surface area contributed by atoms with Crippen LogP contribution in [-0.2, 0) is 13.5 Å². The van der Waals surface area contributed by atoms with Crippen molar-refractivity contribution in [1.29, 1.82) is 0 Å². The lowest BCUT2D eigenvalue weighted by Gasteiger charge is -2.02. The van der Waals surface area contributed by atoms with Gasteiger partial charge >= 0.3 is 5.69 Å². The van der Waals surface area contributed by atoms with E-state index in [1.54, 1.807) is 17.8 Å². The molecule has 0 saturated heterocycles. The lowest BCUT2D eigenvalue weighted by atomic mass is 10.1. The van der Waals surface area contributed by atoms with Crippen molar-refractivity contribution in [3.05, 3.63) is 50.7 Å². The Kier molecular flexibility index (Phi) is 2.19. The summed E-state index contributed by atoms with van der Waals surface area (Å²) in [5.74, 6) is 0.745. The fourth-order valence-electron chi connectivity index (χ4n) is 2.01. The summed E-state index contributed by atoms with van der Waals surface area (Å²) in [5, 5.41) is 4.91. The molecule has 0 unspecified atom stereocenters. The third-order valence-electron chi connectivity index (χ3n) is 2.89. The number of rotatable bonds is 0. The molecular formula is C12H10ClN3O. The van der Waals surface area contributed by atoms with Gasteiger partial charge in [-0.2, -0.15) is 5.10 Å². The van der Waals surface area contributed by atoms with Gasteiger partial charge in [0.25, 0.3) is 0 Å². The SMILES string of the molecule is Cn1nc2n(c1=O)C=Cc1cc(Cl)ccc1C2. The number of fused-ring (bicyclic) bond motifs is 2. The first-order valence-corrected chi connectivity index (χ1v) is 5.64. The van der Waals surface area contributed by atoms with Crippen molar-refractivity contribution in [3.8, 4) is 0 Å². The highest BCUT2D eigenvalue weighted by Gasteiger charge is 2.14. The van der Waals surface area contributed by atoms with E-state index in [4.69, 9.17) is 11.6 Å². The molecule has 86 valence electrons. The third-order valence-corrected chi connectivity index (χ3v) is 3.12. The van der Waals surface area contributed by atoms with Gasteiger partial charge < -0.3 is 0 Å². The monoisotopic (exact) mass is 247 g/mol. The minimum Gasteiger partial charge on any atom is -0.253 e. The first-order chi connectivity index (χ1) is 8.15. The normalized spacial score (nSPS) is 13.1. The minimum absolute atomic E-state index is 0.129. The van der Waals surface area contributed by atoms with Crippen LogP contribution < -0.4 is 5.69 Å². The molecule has 17 heavy (non-hydrogen) atoms. The van der Waals surface area contributed by atoms with Crippen LogP contribution in [0.5, 0.6) is 0 Å². The van der Waals surface area contributed by atoms with Gasteiger partial charge in [0.1, 0.15) is 5.82 Å². The highest BCUT2D eigenvalue weighted by atomic mass is 35.5. The molecule has 0 fully saturated rings. The second-order valence-corrected chi connectivity index (χ2v) is 4.46. The van der Waals surface area contributed by atoms with E-state index < -0.39 is 0 Å². The summed E-state index contributed by atoms with van der Waals surface area (Å²) in [5.41, 5.74) is 2.02. The van der Waals surface area contributed by atoms with Crippen molar-refractivity contribution < 1.29 is 0 Å². The average Bonchev–Trinajstić information content (AvgIpc) is 2.48.